The number of para-hydroxylation sites is 1. The van der Waals surface area contributed by atoms with Gasteiger partial charge in [-0.15, -0.1) is 0 Å². The van der Waals surface area contributed by atoms with Crippen LogP contribution >= 0.6 is 0 Å². The monoisotopic (exact) mass is 206 g/mol. The van der Waals surface area contributed by atoms with Crippen molar-refractivity contribution in [2.75, 3.05) is 18.5 Å². The minimum atomic E-state index is 0.155. The summed E-state index contributed by atoms with van der Waals surface area (Å²) in [5, 5.41) is 15.6. The predicted octanol–water partition coefficient (Wildman–Crippen LogP) is 1.12. The molecule has 0 bridgehead atoms. The third-order valence-electron chi connectivity index (χ3n) is 2.85. The molecule has 1 aliphatic heterocycles. The lowest BCUT2D eigenvalue weighted by molar-refractivity contribution is 0.251. The van der Waals surface area contributed by atoms with Crippen molar-refractivity contribution in [3.63, 3.8) is 0 Å². The van der Waals surface area contributed by atoms with Crippen LogP contribution in [0.2, 0.25) is 0 Å². The number of aliphatic hydroxyl groups is 1. The van der Waals surface area contributed by atoms with Gasteiger partial charge in [0, 0.05) is 24.8 Å². The molecule has 1 heterocycles. The van der Waals surface area contributed by atoms with Crippen LogP contribution in [-0.4, -0.2) is 24.3 Å². The zero-order chi connectivity index (χ0) is 10.7. The Hall–Kier alpha value is -1.06. The number of hydrogen-bond donors (Lipinski definition) is 3. The molecular weight excluding hydrogens is 188 g/mol. The Bertz CT molecular complexity index is 338. The molecule has 1 aromatic rings. The number of aliphatic hydroxyl groups excluding tert-OH is 1. The Morgan fingerprint density at radius 1 is 1.53 bits per heavy atom. The molecule has 0 saturated heterocycles. The van der Waals surface area contributed by atoms with Crippen LogP contribution in [0.5, 0.6) is 0 Å². The lowest BCUT2D eigenvalue weighted by Gasteiger charge is -2.13. The Kier molecular flexibility index (Phi) is 3.23. The van der Waals surface area contributed by atoms with E-state index in [1.165, 1.54) is 16.8 Å². The van der Waals surface area contributed by atoms with E-state index in [0.29, 0.717) is 0 Å². The number of fused-ring (bicyclic) bond motifs is 1. The summed E-state index contributed by atoms with van der Waals surface area (Å²) in [5.41, 5.74) is 3.99. The smallest absolute Gasteiger partial charge is 0.0582 e. The predicted molar refractivity (Wildman–Crippen MR) is 62.0 cm³/mol. The average Bonchev–Trinajstić information content (AvgIpc) is 2.74. The minimum Gasteiger partial charge on any atom is -0.395 e. The second-order valence-corrected chi connectivity index (χ2v) is 4.09. The zero-order valence-corrected chi connectivity index (χ0v) is 9.09. The SMILES string of the molecule is C[C@H](CO)NCc1cccc2c1NCC2. The van der Waals surface area contributed by atoms with Gasteiger partial charge in [-0.2, -0.15) is 0 Å². The van der Waals surface area contributed by atoms with Crippen molar-refractivity contribution in [2.45, 2.75) is 25.9 Å². The van der Waals surface area contributed by atoms with Crippen molar-refractivity contribution >= 4 is 5.69 Å². The largest absolute Gasteiger partial charge is 0.395 e. The third-order valence-corrected chi connectivity index (χ3v) is 2.85. The maximum absolute atomic E-state index is 8.93. The second kappa shape index (κ2) is 4.64. The van der Waals surface area contributed by atoms with Crippen LogP contribution in [0.1, 0.15) is 18.1 Å². The third kappa shape index (κ3) is 2.30. The highest BCUT2D eigenvalue weighted by Crippen LogP contribution is 2.26. The molecule has 0 spiro atoms. The standard InChI is InChI=1S/C12H18N2O/c1-9(8-15)14-7-11-4-2-3-10-5-6-13-12(10)11/h2-4,9,13-15H,5-8H2,1H3/t9-/m1/s1. The van der Waals surface area contributed by atoms with Crippen molar-refractivity contribution in [2.24, 2.45) is 0 Å². The van der Waals surface area contributed by atoms with Crippen LogP contribution in [0.25, 0.3) is 0 Å². The fourth-order valence-electron chi connectivity index (χ4n) is 1.91. The van der Waals surface area contributed by atoms with E-state index in [1.807, 2.05) is 6.92 Å². The van der Waals surface area contributed by atoms with Crippen LogP contribution in [-0.2, 0) is 13.0 Å². The zero-order valence-electron chi connectivity index (χ0n) is 9.09. The Labute approximate surface area is 90.5 Å². The quantitative estimate of drug-likeness (QED) is 0.692. The van der Waals surface area contributed by atoms with Gasteiger partial charge in [-0.05, 0) is 24.5 Å². The van der Waals surface area contributed by atoms with Crippen molar-refractivity contribution in [3.8, 4) is 0 Å². The highest BCUT2D eigenvalue weighted by atomic mass is 16.3. The maximum Gasteiger partial charge on any atom is 0.0582 e. The van der Waals surface area contributed by atoms with Gasteiger partial charge in [0.1, 0.15) is 0 Å². The fourth-order valence-corrected chi connectivity index (χ4v) is 1.91. The van der Waals surface area contributed by atoms with Crippen LogP contribution in [0.4, 0.5) is 5.69 Å². The molecule has 0 unspecified atom stereocenters. The molecule has 0 saturated carbocycles. The average molecular weight is 206 g/mol. The molecule has 82 valence electrons. The van der Waals surface area contributed by atoms with Crippen LogP contribution < -0.4 is 10.6 Å². The summed E-state index contributed by atoms with van der Waals surface area (Å²) in [7, 11) is 0. The van der Waals surface area contributed by atoms with E-state index in [4.69, 9.17) is 5.11 Å². The summed E-state index contributed by atoms with van der Waals surface area (Å²) < 4.78 is 0. The van der Waals surface area contributed by atoms with E-state index in [1.54, 1.807) is 0 Å². The van der Waals surface area contributed by atoms with Crippen molar-refractivity contribution < 1.29 is 5.11 Å². The van der Waals surface area contributed by atoms with Crippen LogP contribution in [0.3, 0.4) is 0 Å². The summed E-state index contributed by atoms with van der Waals surface area (Å²) in [6.07, 6.45) is 1.12. The van der Waals surface area contributed by atoms with Gasteiger partial charge in [-0.3, -0.25) is 0 Å². The number of benzene rings is 1. The molecular formula is C12H18N2O. The lowest BCUT2D eigenvalue weighted by atomic mass is 10.1. The van der Waals surface area contributed by atoms with E-state index < -0.39 is 0 Å². The molecule has 1 aliphatic rings. The number of anilines is 1. The van der Waals surface area contributed by atoms with Crippen LogP contribution in [0.15, 0.2) is 18.2 Å². The lowest BCUT2D eigenvalue weighted by Crippen LogP contribution is -2.28. The topological polar surface area (TPSA) is 44.3 Å². The van der Waals surface area contributed by atoms with Gasteiger partial charge in [-0.25, -0.2) is 0 Å². The molecule has 15 heavy (non-hydrogen) atoms. The summed E-state index contributed by atoms with van der Waals surface area (Å²) in [6, 6.07) is 6.57. The van der Waals surface area contributed by atoms with Crippen molar-refractivity contribution in [1.29, 1.82) is 0 Å². The van der Waals surface area contributed by atoms with Gasteiger partial charge < -0.3 is 15.7 Å². The van der Waals surface area contributed by atoms with Gasteiger partial charge in [0.25, 0.3) is 0 Å². The van der Waals surface area contributed by atoms with Gasteiger partial charge in [0.05, 0.1) is 6.61 Å². The van der Waals surface area contributed by atoms with E-state index in [-0.39, 0.29) is 12.6 Å². The van der Waals surface area contributed by atoms with E-state index in [2.05, 4.69) is 28.8 Å². The van der Waals surface area contributed by atoms with Crippen molar-refractivity contribution in [3.05, 3.63) is 29.3 Å². The first-order valence-electron chi connectivity index (χ1n) is 5.50. The van der Waals surface area contributed by atoms with Crippen molar-refractivity contribution in [1.82, 2.24) is 5.32 Å². The molecule has 0 fully saturated rings. The molecule has 1 atom stereocenters. The Morgan fingerprint density at radius 3 is 3.20 bits per heavy atom. The molecule has 1 aromatic carbocycles. The first-order chi connectivity index (χ1) is 7.31. The number of nitrogens with one attached hydrogen (secondary N) is 2. The summed E-state index contributed by atoms with van der Waals surface area (Å²) in [6.45, 7) is 4.03. The highest BCUT2D eigenvalue weighted by molar-refractivity contribution is 5.61. The molecule has 0 radical (unpaired) electrons. The van der Waals surface area contributed by atoms with Crippen LogP contribution in [0, 0.1) is 0 Å². The van der Waals surface area contributed by atoms with Gasteiger partial charge >= 0.3 is 0 Å². The Morgan fingerprint density at radius 2 is 2.40 bits per heavy atom. The molecule has 0 amide bonds. The van der Waals surface area contributed by atoms with Gasteiger partial charge in [-0.1, -0.05) is 18.2 Å². The van der Waals surface area contributed by atoms with E-state index in [9.17, 15) is 0 Å². The van der Waals surface area contributed by atoms with Gasteiger partial charge in [0.15, 0.2) is 0 Å². The molecule has 0 aromatic heterocycles. The first-order valence-corrected chi connectivity index (χ1v) is 5.50. The fraction of sp³-hybridized carbons (Fsp3) is 0.500. The van der Waals surface area contributed by atoms with E-state index >= 15 is 0 Å². The summed E-state index contributed by atoms with van der Waals surface area (Å²) >= 11 is 0. The number of rotatable bonds is 4. The summed E-state index contributed by atoms with van der Waals surface area (Å²) in [5.74, 6) is 0. The molecule has 3 N–H and O–H groups in total. The maximum atomic E-state index is 8.93. The highest BCUT2D eigenvalue weighted by Gasteiger charge is 2.13. The molecule has 0 aliphatic carbocycles. The molecule has 3 nitrogen and oxygen atoms in total. The number of hydrogen-bond acceptors (Lipinski definition) is 3. The minimum absolute atomic E-state index is 0.155. The van der Waals surface area contributed by atoms with Gasteiger partial charge in [0.2, 0.25) is 0 Å². The van der Waals surface area contributed by atoms with E-state index in [0.717, 1.165) is 19.5 Å². The normalized spacial score (nSPS) is 15.9. The molecule has 2 rings (SSSR count). The Balaban J connectivity index is 2.06. The second-order valence-electron chi connectivity index (χ2n) is 4.09. The first kappa shape index (κ1) is 10.5. The summed E-state index contributed by atoms with van der Waals surface area (Å²) in [4.78, 5) is 0. The molecule has 3 heteroatoms.